The molecule has 0 spiro atoms. The summed E-state index contributed by atoms with van der Waals surface area (Å²) in [5, 5.41) is 5.95. The van der Waals surface area contributed by atoms with E-state index in [4.69, 9.17) is 0 Å². The summed E-state index contributed by atoms with van der Waals surface area (Å²) in [6, 6.07) is -0.281. The molecule has 0 aliphatic heterocycles. The lowest BCUT2D eigenvalue weighted by atomic mass is 10.0. The number of carbonyl (C=O) groups is 2. The van der Waals surface area contributed by atoms with E-state index in [9.17, 15) is 9.59 Å². The van der Waals surface area contributed by atoms with Gasteiger partial charge in [0.05, 0.1) is 6.04 Å². The predicted molar refractivity (Wildman–Crippen MR) is 79.1 cm³/mol. The Labute approximate surface area is 117 Å². The van der Waals surface area contributed by atoms with Gasteiger partial charge >= 0.3 is 0 Å². The van der Waals surface area contributed by atoms with Gasteiger partial charge in [-0.3, -0.25) is 9.59 Å². The molecule has 0 fully saturated rings. The number of amides is 1. The fourth-order valence-electron chi connectivity index (χ4n) is 2.01. The zero-order valence-corrected chi connectivity index (χ0v) is 12.8. The van der Waals surface area contributed by atoms with Gasteiger partial charge in [0.1, 0.15) is 0 Å². The highest BCUT2D eigenvalue weighted by Crippen LogP contribution is 2.06. The van der Waals surface area contributed by atoms with Gasteiger partial charge in [0.2, 0.25) is 5.91 Å². The van der Waals surface area contributed by atoms with Crippen LogP contribution >= 0.6 is 0 Å². The monoisotopic (exact) mass is 270 g/mol. The Balaban J connectivity index is 3.80. The Morgan fingerprint density at radius 1 is 1.05 bits per heavy atom. The van der Waals surface area contributed by atoms with Gasteiger partial charge in [-0.2, -0.15) is 0 Å². The van der Waals surface area contributed by atoms with Crippen LogP contribution in [0.25, 0.3) is 0 Å². The highest BCUT2D eigenvalue weighted by Gasteiger charge is 2.15. The minimum atomic E-state index is -0.281. The highest BCUT2D eigenvalue weighted by atomic mass is 16.2. The van der Waals surface area contributed by atoms with E-state index >= 15 is 0 Å². The largest absolute Gasteiger partial charge is 0.346 e. The van der Waals surface area contributed by atoms with E-state index in [-0.39, 0.29) is 17.7 Å². The average Bonchev–Trinajstić information content (AvgIpc) is 2.37. The Hall–Kier alpha value is -0.900. The molecule has 1 unspecified atom stereocenters. The first kappa shape index (κ1) is 18.1. The van der Waals surface area contributed by atoms with Crippen LogP contribution in [0.5, 0.6) is 0 Å². The normalized spacial score (nSPS) is 12.2. The standard InChI is InChI=1S/C15H30N2O2/c1-4-5-7-10-14(13(2)18)17-15(19)11-8-6-9-12-16-3/h14,16H,4-12H2,1-3H3,(H,17,19). The maximum atomic E-state index is 11.7. The molecule has 0 heterocycles. The lowest BCUT2D eigenvalue weighted by molar-refractivity contribution is -0.127. The molecular weight excluding hydrogens is 240 g/mol. The van der Waals surface area contributed by atoms with Crippen molar-refractivity contribution in [2.45, 2.75) is 71.3 Å². The summed E-state index contributed by atoms with van der Waals surface area (Å²) >= 11 is 0. The molecule has 0 aliphatic rings. The molecule has 0 radical (unpaired) electrons. The maximum absolute atomic E-state index is 11.7. The van der Waals surface area contributed by atoms with E-state index in [0.29, 0.717) is 6.42 Å². The molecule has 0 saturated heterocycles. The van der Waals surface area contributed by atoms with Crippen molar-refractivity contribution in [1.29, 1.82) is 0 Å². The van der Waals surface area contributed by atoms with Crippen molar-refractivity contribution in [3.63, 3.8) is 0 Å². The molecule has 0 rings (SSSR count). The molecule has 0 saturated carbocycles. The van der Waals surface area contributed by atoms with Gasteiger partial charge in [-0.1, -0.05) is 32.6 Å². The van der Waals surface area contributed by atoms with Crippen molar-refractivity contribution in [2.75, 3.05) is 13.6 Å². The topological polar surface area (TPSA) is 58.2 Å². The second-order valence-corrected chi connectivity index (χ2v) is 5.14. The third-order valence-corrected chi connectivity index (χ3v) is 3.25. The smallest absolute Gasteiger partial charge is 0.220 e. The first-order valence-corrected chi connectivity index (χ1v) is 7.56. The zero-order valence-electron chi connectivity index (χ0n) is 12.8. The molecule has 1 atom stereocenters. The van der Waals surface area contributed by atoms with Crippen molar-refractivity contribution in [3.05, 3.63) is 0 Å². The summed E-state index contributed by atoms with van der Waals surface area (Å²) in [5.41, 5.74) is 0. The number of hydrogen-bond donors (Lipinski definition) is 2. The van der Waals surface area contributed by atoms with Crippen molar-refractivity contribution in [1.82, 2.24) is 10.6 Å². The van der Waals surface area contributed by atoms with Crippen molar-refractivity contribution in [3.8, 4) is 0 Å². The molecule has 0 aromatic heterocycles. The molecule has 0 aliphatic carbocycles. The average molecular weight is 270 g/mol. The summed E-state index contributed by atoms with van der Waals surface area (Å²) in [7, 11) is 1.93. The predicted octanol–water partition coefficient (Wildman–Crippen LogP) is 2.42. The number of ketones is 1. The third kappa shape index (κ3) is 10.7. The third-order valence-electron chi connectivity index (χ3n) is 3.25. The summed E-state index contributed by atoms with van der Waals surface area (Å²) in [6.07, 6.45) is 7.59. The summed E-state index contributed by atoms with van der Waals surface area (Å²) in [6.45, 7) is 4.69. The summed E-state index contributed by atoms with van der Waals surface area (Å²) < 4.78 is 0. The fourth-order valence-corrected chi connectivity index (χ4v) is 2.01. The number of Topliss-reactive ketones (excluding diaryl/α,β-unsaturated/α-hetero) is 1. The quantitative estimate of drug-likeness (QED) is 0.535. The lowest BCUT2D eigenvalue weighted by Gasteiger charge is -2.15. The molecule has 2 N–H and O–H groups in total. The molecule has 4 nitrogen and oxygen atoms in total. The molecule has 4 heteroatoms. The number of rotatable bonds is 12. The van der Waals surface area contributed by atoms with Crippen LogP contribution in [0.15, 0.2) is 0 Å². The Bertz CT molecular complexity index is 255. The van der Waals surface area contributed by atoms with Crippen LogP contribution in [-0.2, 0) is 9.59 Å². The van der Waals surface area contributed by atoms with E-state index in [0.717, 1.165) is 51.5 Å². The van der Waals surface area contributed by atoms with Gasteiger partial charge in [0, 0.05) is 6.42 Å². The maximum Gasteiger partial charge on any atom is 0.220 e. The number of hydrogen-bond acceptors (Lipinski definition) is 3. The minimum Gasteiger partial charge on any atom is -0.346 e. The molecular formula is C15H30N2O2. The summed E-state index contributed by atoms with van der Waals surface area (Å²) in [5.74, 6) is 0.0841. The second-order valence-electron chi connectivity index (χ2n) is 5.14. The van der Waals surface area contributed by atoms with E-state index in [1.807, 2.05) is 7.05 Å². The van der Waals surface area contributed by atoms with Gasteiger partial charge < -0.3 is 10.6 Å². The van der Waals surface area contributed by atoms with Gasteiger partial charge in [-0.15, -0.1) is 0 Å². The van der Waals surface area contributed by atoms with Gasteiger partial charge in [-0.25, -0.2) is 0 Å². The molecule has 19 heavy (non-hydrogen) atoms. The number of unbranched alkanes of at least 4 members (excludes halogenated alkanes) is 4. The van der Waals surface area contributed by atoms with E-state index in [1.165, 1.54) is 0 Å². The Morgan fingerprint density at radius 3 is 2.37 bits per heavy atom. The van der Waals surface area contributed by atoms with Crippen molar-refractivity contribution < 1.29 is 9.59 Å². The Morgan fingerprint density at radius 2 is 1.79 bits per heavy atom. The number of carbonyl (C=O) groups excluding carboxylic acids is 2. The van der Waals surface area contributed by atoms with E-state index < -0.39 is 0 Å². The van der Waals surface area contributed by atoms with Crippen molar-refractivity contribution in [2.24, 2.45) is 0 Å². The van der Waals surface area contributed by atoms with Crippen LogP contribution in [0.1, 0.15) is 65.2 Å². The highest BCUT2D eigenvalue weighted by molar-refractivity contribution is 5.87. The molecule has 0 bridgehead atoms. The van der Waals surface area contributed by atoms with Crippen LogP contribution < -0.4 is 10.6 Å². The number of nitrogens with one attached hydrogen (secondary N) is 2. The first-order valence-electron chi connectivity index (χ1n) is 7.56. The first-order chi connectivity index (χ1) is 9.11. The van der Waals surface area contributed by atoms with E-state index in [1.54, 1.807) is 6.92 Å². The second kappa shape index (κ2) is 12.2. The van der Waals surface area contributed by atoms with Crippen LogP contribution in [0.4, 0.5) is 0 Å². The van der Waals surface area contributed by atoms with Gasteiger partial charge in [0.15, 0.2) is 5.78 Å². The molecule has 0 aromatic carbocycles. The molecule has 112 valence electrons. The van der Waals surface area contributed by atoms with Gasteiger partial charge in [0.25, 0.3) is 0 Å². The zero-order chi connectivity index (χ0) is 14.5. The van der Waals surface area contributed by atoms with Crippen LogP contribution in [0.2, 0.25) is 0 Å². The van der Waals surface area contributed by atoms with Crippen molar-refractivity contribution >= 4 is 11.7 Å². The van der Waals surface area contributed by atoms with Gasteiger partial charge in [-0.05, 0) is 39.8 Å². The lowest BCUT2D eigenvalue weighted by Crippen LogP contribution is -2.39. The SMILES string of the molecule is CCCCCC(NC(=O)CCCCCNC)C(C)=O. The molecule has 1 amide bonds. The summed E-state index contributed by atoms with van der Waals surface area (Å²) in [4.78, 5) is 23.2. The van der Waals surface area contributed by atoms with E-state index in [2.05, 4.69) is 17.6 Å². The van der Waals surface area contributed by atoms with Crippen LogP contribution in [0.3, 0.4) is 0 Å². The molecule has 0 aromatic rings. The fraction of sp³-hybridized carbons (Fsp3) is 0.867. The minimum absolute atomic E-state index is 0.0150. The Kier molecular flexibility index (Phi) is 11.6. The van der Waals surface area contributed by atoms with Crippen LogP contribution in [0, 0.1) is 0 Å². The van der Waals surface area contributed by atoms with Crippen LogP contribution in [-0.4, -0.2) is 31.3 Å².